The Bertz CT molecular complexity index is 439. The van der Waals surface area contributed by atoms with Crippen LogP contribution in [0.1, 0.15) is 22.8 Å². The second kappa shape index (κ2) is 3.38. The average molecular weight is 204 g/mol. The molecule has 78 valence electrons. The highest BCUT2D eigenvalue weighted by molar-refractivity contribution is 6.05. The van der Waals surface area contributed by atoms with E-state index >= 15 is 0 Å². The van der Waals surface area contributed by atoms with Crippen molar-refractivity contribution in [1.29, 1.82) is 0 Å². The maximum atomic E-state index is 11.5. The van der Waals surface area contributed by atoms with Gasteiger partial charge in [0, 0.05) is 17.8 Å². The topological polar surface area (TPSA) is 60.4 Å². The normalized spacial score (nSPS) is 14.2. The molecule has 0 aromatic heterocycles. The first-order chi connectivity index (χ1) is 7.15. The molecule has 0 aliphatic carbocycles. The van der Waals surface area contributed by atoms with Gasteiger partial charge in [-0.15, -0.1) is 0 Å². The van der Waals surface area contributed by atoms with Crippen LogP contribution in [0.2, 0.25) is 0 Å². The van der Waals surface area contributed by atoms with E-state index in [1.165, 1.54) is 6.07 Å². The van der Waals surface area contributed by atoms with Crippen molar-refractivity contribution in [3.63, 3.8) is 0 Å². The molecule has 1 aliphatic heterocycles. The summed E-state index contributed by atoms with van der Waals surface area (Å²) in [5.74, 6) is -1.28. The second-order valence-corrected chi connectivity index (χ2v) is 3.41. The Kier molecular flexibility index (Phi) is 2.19. The van der Waals surface area contributed by atoms with E-state index in [-0.39, 0.29) is 17.9 Å². The number of carbonyl (C=O) groups is 2. The second-order valence-electron chi connectivity index (χ2n) is 3.41. The highest BCUT2D eigenvalue weighted by atomic mass is 16.4. The Balaban J connectivity index is 2.57. The zero-order valence-electron chi connectivity index (χ0n) is 8.32. The molecule has 4 heteroatoms. The number of fused-ring (bicyclic) bond motifs is 1. The predicted octanol–water partition coefficient (Wildman–Crippen LogP) is -0.0409. The molecular formula is C11H10NO3-. The van der Waals surface area contributed by atoms with E-state index in [0.29, 0.717) is 17.8 Å². The number of hydrogen-bond acceptors (Lipinski definition) is 3. The fraction of sp³-hybridized carbons (Fsp3) is 0.273. The maximum Gasteiger partial charge on any atom is 0.231 e. The number of anilines is 1. The lowest BCUT2D eigenvalue weighted by atomic mass is 10.1. The first kappa shape index (κ1) is 9.71. The zero-order valence-corrected chi connectivity index (χ0v) is 8.32. The van der Waals surface area contributed by atoms with E-state index < -0.39 is 5.97 Å². The smallest absolute Gasteiger partial charge is 0.231 e. The summed E-state index contributed by atoms with van der Waals surface area (Å²) < 4.78 is 0. The molecule has 0 spiro atoms. The summed E-state index contributed by atoms with van der Waals surface area (Å²) in [5.41, 5.74) is 1.39. The Morgan fingerprint density at radius 2 is 2.27 bits per heavy atom. The lowest BCUT2D eigenvalue weighted by molar-refractivity contribution is -0.255. The predicted molar refractivity (Wildman–Crippen MR) is 52.5 cm³/mol. The summed E-state index contributed by atoms with van der Waals surface area (Å²) >= 11 is 0. The van der Waals surface area contributed by atoms with Gasteiger partial charge in [-0.1, -0.05) is 12.1 Å². The number of hydrogen-bond donors (Lipinski definition) is 0. The fourth-order valence-corrected chi connectivity index (χ4v) is 1.93. The fourth-order valence-electron chi connectivity index (χ4n) is 1.93. The van der Waals surface area contributed by atoms with Crippen LogP contribution in [0, 0.1) is 0 Å². The third kappa shape index (κ3) is 1.38. The van der Waals surface area contributed by atoms with Crippen molar-refractivity contribution in [2.45, 2.75) is 13.3 Å². The summed E-state index contributed by atoms with van der Waals surface area (Å²) in [5, 5.41) is 10.8. The average Bonchev–Trinajstić information content (AvgIpc) is 2.52. The Labute approximate surface area is 87.1 Å². The van der Waals surface area contributed by atoms with Crippen molar-refractivity contribution >= 4 is 17.6 Å². The Morgan fingerprint density at radius 1 is 1.53 bits per heavy atom. The van der Waals surface area contributed by atoms with Crippen LogP contribution in [-0.2, 0) is 11.2 Å². The minimum atomic E-state index is -1.22. The van der Waals surface area contributed by atoms with Crippen molar-refractivity contribution in [1.82, 2.24) is 0 Å². The number of aromatic carboxylic acids is 1. The molecule has 0 saturated carbocycles. The van der Waals surface area contributed by atoms with Gasteiger partial charge in [0.15, 0.2) is 0 Å². The molecule has 0 fully saturated rings. The number of rotatable bonds is 2. The van der Waals surface area contributed by atoms with Gasteiger partial charge in [-0.3, -0.25) is 4.79 Å². The number of nitrogens with zero attached hydrogens (tertiary/aromatic N) is 1. The van der Waals surface area contributed by atoms with Gasteiger partial charge in [-0.25, -0.2) is 0 Å². The minimum absolute atomic E-state index is 0.0544. The van der Waals surface area contributed by atoms with Gasteiger partial charge in [0.25, 0.3) is 0 Å². The summed E-state index contributed by atoms with van der Waals surface area (Å²) in [7, 11) is 0. The molecule has 0 N–H and O–H groups in total. The molecule has 1 aromatic rings. The molecular weight excluding hydrogens is 194 g/mol. The quantitative estimate of drug-likeness (QED) is 0.679. The Hall–Kier alpha value is -1.84. The van der Waals surface area contributed by atoms with Crippen LogP contribution in [0.4, 0.5) is 5.69 Å². The lowest BCUT2D eigenvalue weighted by Gasteiger charge is -2.15. The van der Waals surface area contributed by atoms with Crippen LogP contribution in [0.25, 0.3) is 0 Å². The Morgan fingerprint density at radius 3 is 2.87 bits per heavy atom. The largest absolute Gasteiger partial charge is 0.545 e. The number of likely N-dealkylation sites (N-methyl/N-ethyl adjacent to an activating group) is 1. The van der Waals surface area contributed by atoms with E-state index in [1.54, 1.807) is 17.0 Å². The van der Waals surface area contributed by atoms with Crippen LogP contribution in [0.15, 0.2) is 18.2 Å². The molecule has 0 bridgehead atoms. The molecule has 1 aromatic carbocycles. The van der Waals surface area contributed by atoms with Gasteiger partial charge < -0.3 is 14.8 Å². The van der Waals surface area contributed by atoms with Crippen molar-refractivity contribution in [3.05, 3.63) is 29.3 Å². The van der Waals surface area contributed by atoms with Gasteiger partial charge in [0.2, 0.25) is 5.91 Å². The molecule has 1 aliphatic rings. The maximum absolute atomic E-state index is 11.5. The van der Waals surface area contributed by atoms with Crippen LogP contribution >= 0.6 is 0 Å². The number of amides is 1. The van der Waals surface area contributed by atoms with Crippen molar-refractivity contribution < 1.29 is 14.7 Å². The van der Waals surface area contributed by atoms with Crippen molar-refractivity contribution in [2.75, 3.05) is 11.4 Å². The van der Waals surface area contributed by atoms with Crippen LogP contribution in [0.5, 0.6) is 0 Å². The van der Waals surface area contributed by atoms with Gasteiger partial charge in [-0.2, -0.15) is 0 Å². The highest BCUT2D eigenvalue weighted by Crippen LogP contribution is 2.30. The van der Waals surface area contributed by atoms with Gasteiger partial charge in [0.05, 0.1) is 12.4 Å². The first-order valence-corrected chi connectivity index (χ1v) is 4.78. The van der Waals surface area contributed by atoms with E-state index in [9.17, 15) is 14.7 Å². The van der Waals surface area contributed by atoms with E-state index in [0.717, 1.165) is 0 Å². The number of carboxylic acid groups (broad SMARTS) is 1. The molecule has 0 saturated heterocycles. The number of carboxylic acids is 1. The SMILES string of the molecule is CCN1C(=O)Cc2c(C(=O)[O-])cccc21. The van der Waals surface area contributed by atoms with Crippen molar-refractivity contribution in [3.8, 4) is 0 Å². The van der Waals surface area contributed by atoms with Crippen LogP contribution < -0.4 is 10.0 Å². The van der Waals surface area contributed by atoms with Gasteiger partial charge >= 0.3 is 0 Å². The third-order valence-corrected chi connectivity index (χ3v) is 2.61. The minimum Gasteiger partial charge on any atom is -0.545 e. The molecule has 0 unspecified atom stereocenters. The molecule has 0 radical (unpaired) electrons. The molecule has 1 heterocycles. The van der Waals surface area contributed by atoms with E-state index in [1.807, 2.05) is 6.92 Å². The molecule has 2 rings (SSSR count). The molecule has 15 heavy (non-hydrogen) atoms. The summed E-state index contributed by atoms with van der Waals surface area (Å²) in [6, 6.07) is 4.86. The first-order valence-electron chi connectivity index (χ1n) is 4.78. The van der Waals surface area contributed by atoms with Gasteiger partial charge in [0.1, 0.15) is 0 Å². The number of carbonyl (C=O) groups excluding carboxylic acids is 2. The summed E-state index contributed by atoms with van der Waals surface area (Å²) in [4.78, 5) is 24.0. The number of benzene rings is 1. The third-order valence-electron chi connectivity index (χ3n) is 2.61. The standard InChI is InChI=1S/C11H11NO3/c1-2-12-9-5-3-4-7(11(14)15)8(9)6-10(12)13/h3-5H,2,6H2,1H3,(H,14,15)/p-1. The van der Waals surface area contributed by atoms with Crippen molar-refractivity contribution in [2.24, 2.45) is 0 Å². The molecule has 0 atom stereocenters. The van der Waals surface area contributed by atoms with Gasteiger partial charge in [-0.05, 0) is 18.6 Å². The van der Waals surface area contributed by atoms with E-state index in [2.05, 4.69) is 0 Å². The summed E-state index contributed by atoms with van der Waals surface area (Å²) in [6.45, 7) is 2.42. The lowest BCUT2D eigenvalue weighted by Crippen LogP contribution is -2.25. The van der Waals surface area contributed by atoms with Crippen LogP contribution in [0.3, 0.4) is 0 Å². The zero-order chi connectivity index (χ0) is 11.0. The highest BCUT2D eigenvalue weighted by Gasteiger charge is 2.27. The molecule has 1 amide bonds. The molecule has 4 nitrogen and oxygen atoms in total. The van der Waals surface area contributed by atoms with Crippen LogP contribution in [-0.4, -0.2) is 18.4 Å². The summed E-state index contributed by atoms with van der Waals surface area (Å²) in [6.07, 6.45) is 0.160. The monoisotopic (exact) mass is 204 g/mol. The van der Waals surface area contributed by atoms with E-state index in [4.69, 9.17) is 0 Å².